The average Bonchev–Trinajstić information content (AvgIpc) is 1.99. The first-order valence-electron chi connectivity index (χ1n) is 3.54. The summed E-state index contributed by atoms with van der Waals surface area (Å²) >= 11 is 1.33. The number of thioether (sulfide) groups is 1. The normalized spacial score (nSPS) is 10.2. The summed E-state index contributed by atoms with van der Waals surface area (Å²) in [6.45, 7) is 1.85. The van der Waals surface area contributed by atoms with E-state index >= 15 is 0 Å². The molecule has 0 saturated carbocycles. The van der Waals surface area contributed by atoms with Gasteiger partial charge in [-0.3, -0.25) is 4.79 Å². The van der Waals surface area contributed by atoms with Gasteiger partial charge in [0.05, 0.1) is 6.61 Å². The maximum absolute atomic E-state index is 10.9. The number of aliphatic hydroxyl groups excluding tert-OH is 1. The highest BCUT2D eigenvalue weighted by molar-refractivity contribution is 7.99. The molecule has 0 saturated heterocycles. The highest BCUT2D eigenvalue weighted by Crippen LogP contribution is 2.09. The Kier molecular flexibility index (Phi) is 3.31. The zero-order valence-corrected chi connectivity index (χ0v) is 7.52. The molecule has 12 heavy (non-hydrogen) atoms. The number of aromatic amines is 1. The second kappa shape index (κ2) is 4.27. The Labute approximate surface area is 74.0 Å². The van der Waals surface area contributed by atoms with E-state index in [0.717, 1.165) is 0 Å². The molecule has 5 heteroatoms. The smallest absolute Gasteiger partial charge is 0.251 e. The third-order valence-corrected chi connectivity index (χ3v) is 2.03. The second-order valence-corrected chi connectivity index (χ2v) is 3.35. The van der Waals surface area contributed by atoms with Crippen molar-refractivity contribution in [1.82, 2.24) is 9.97 Å². The molecule has 0 bridgehead atoms. The van der Waals surface area contributed by atoms with E-state index in [0.29, 0.717) is 16.6 Å². The summed E-state index contributed by atoms with van der Waals surface area (Å²) < 4.78 is 0. The van der Waals surface area contributed by atoms with Crippen molar-refractivity contribution >= 4 is 11.8 Å². The number of rotatable bonds is 3. The van der Waals surface area contributed by atoms with Gasteiger partial charge in [0.1, 0.15) is 0 Å². The molecule has 1 heterocycles. The molecule has 0 radical (unpaired) electrons. The molecule has 1 rings (SSSR count). The molecule has 0 amide bonds. The van der Waals surface area contributed by atoms with Gasteiger partial charge in [-0.1, -0.05) is 11.8 Å². The Morgan fingerprint density at radius 1 is 1.75 bits per heavy atom. The van der Waals surface area contributed by atoms with E-state index in [-0.39, 0.29) is 12.2 Å². The third-order valence-electron chi connectivity index (χ3n) is 1.18. The van der Waals surface area contributed by atoms with Gasteiger partial charge in [0.2, 0.25) is 0 Å². The Balaban J connectivity index is 2.79. The van der Waals surface area contributed by atoms with Gasteiger partial charge in [0, 0.05) is 17.5 Å². The number of hydrogen-bond acceptors (Lipinski definition) is 4. The summed E-state index contributed by atoms with van der Waals surface area (Å²) in [5.74, 6) is 0.548. The van der Waals surface area contributed by atoms with Gasteiger partial charge >= 0.3 is 0 Å². The number of H-pyrrole nitrogens is 1. The summed E-state index contributed by atoms with van der Waals surface area (Å²) in [5.41, 5.74) is 0.544. The summed E-state index contributed by atoms with van der Waals surface area (Å²) in [5, 5.41) is 9.09. The van der Waals surface area contributed by atoms with Gasteiger partial charge in [0.15, 0.2) is 5.16 Å². The van der Waals surface area contributed by atoms with Crippen molar-refractivity contribution < 1.29 is 5.11 Å². The van der Waals surface area contributed by atoms with Crippen LogP contribution in [0.4, 0.5) is 0 Å². The fourth-order valence-corrected chi connectivity index (χ4v) is 1.43. The Hall–Kier alpha value is -0.810. The van der Waals surface area contributed by atoms with Crippen molar-refractivity contribution in [2.24, 2.45) is 0 Å². The van der Waals surface area contributed by atoms with E-state index < -0.39 is 0 Å². The van der Waals surface area contributed by atoms with Gasteiger partial charge < -0.3 is 10.1 Å². The predicted molar refractivity (Wildman–Crippen MR) is 47.4 cm³/mol. The minimum absolute atomic E-state index is 0.0856. The molecular weight excluding hydrogens is 176 g/mol. The van der Waals surface area contributed by atoms with Crippen LogP contribution in [0.1, 0.15) is 5.69 Å². The molecule has 0 aliphatic carbocycles. The van der Waals surface area contributed by atoms with Crippen molar-refractivity contribution in [3.63, 3.8) is 0 Å². The van der Waals surface area contributed by atoms with Crippen LogP contribution in [0.25, 0.3) is 0 Å². The van der Waals surface area contributed by atoms with E-state index in [1.807, 2.05) is 0 Å². The van der Waals surface area contributed by atoms with Gasteiger partial charge in [0.25, 0.3) is 5.56 Å². The van der Waals surface area contributed by atoms with Crippen molar-refractivity contribution in [2.45, 2.75) is 12.1 Å². The van der Waals surface area contributed by atoms with Crippen molar-refractivity contribution in [3.05, 3.63) is 22.1 Å². The first kappa shape index (κ1) is 9.28. The molecule has 0 aliphatic rings. The Bertz CT molecular complexity index is 311. The fraction of sp³-hybridized carbons (Fsp3) is 0.429. The highest BCUT2D eigenvalue weighted by atomic mass is 32.2. The minimum Gasteiger partial charge on any atom is -0.396 e. The topological polar surface area (TPSA) is 66.0 Å². The molecular formula is C7H10N2O2S. The predicted octanol–water partition coefficient (Wildman–Crippen LogP) is 0.163. The molecule has 2 N–H and O–H groups in total. The lowest BCUT2D eigenvalue weighted by atomic mass is 10.5. The van der Waals surface area contributed by atoms with Crippen molar-refractivity contribution in [2.75, 3.05) is 12.4 Å². The van der Waals surface area contributed by atoms with Crippen LogP contribution in [0.3, 0.4) is 0 Å². The summed E-state index contributed by atoms with van der Waals surface area (Å²) in [4.78, 5) is 17.5. The third kappa shape index (κ3) is 2.67. The standard InChI is InChI=1S/C7H10N2O2S/c1-5-4-6(11)9-7(8-5)12-3-2-10/h4,10H,2-3H2,1H3,(H,8,9,11). The van der Waals surface area contributed by atoms with Gasteiger partial charge in [-0.15, -0.1) is 0 Å². The van der Waals surface area contributed by atoms with Gasteiger partial charge in [-0.2, -0.15) is 0 Å². The van der Waals surface area contributed by atoms with E-state index in [2.05, 4.69) is 9.97 Å². The number of nitrogens with one attached hydrogen (secondary N) is 1. The Morgan fingerprint density at radius 3 is 3.08 bits per heavy atom. The van der Waals surface area contributed by atoms with Crippen LogP contribution < -0.4 is 5.56 Å². The zero-order valence-electron chi connectivity index (χ0n) is 6.70. The highest BCUT2D eigenvalue weighted by Gasteiger charge is 1.97. The molecule has 0 spiro atoms. The lowest BCUT2D eigenvalue weighted by molar-refractivity contribution is 0.322. The van der Waals surface area contributed by atoms with Crippen LogP contribution in [-0.2, 0) is 0 Å². The van der Waals surface area contributed by atoms with Crippen LogP contribution in [0.15, 0.2) is 16.0 Å². The van der Waals surface area contributed by atoms with Gasteiger partial charge in [-0.25, -0.2) is 4.98 Å². The minimum atomic E-state index is -0.150. The summed E-state index contributed by atoms with van der Waals surface area (Å²) in [7, 11) is 0. The quantitative estimate of drug-likeness (QED) is 0.521. The molecule has 4 nitrogen and oxygen atoms in total. The van der Waals surface area contributed by atoms with Crippen LogP contribution in [0, 0.1) is 6.92 Å². The second-order valence-electron chi connectivity index (χ2n) is 2.26. The number of nitrogens with zero attached hydrogens (tertiary/aromatic N) is 1. The number of aryl methyl sites for hydroxylation is 1. The molecule has 66 valence electrons. The molecule has 1 aromatic rings. The molecule has 0 unspecified atom stereocenters. The van der Waals surface area contributed by atoms with E-state index in [4.69, 9.17) is 5.11 Å². The van der Waals surface area contributed by atoms with Crippen LogP contribution in [-0.4, -0.2) is 27.4 Å². The summed E-state index contributed by atoms with van der Waals surface area (Å²) in [6, 6.07) is 1.43. The van der Waals surface area contributed by atoms with Crippen molar-refractivity contribution in [3.8, 4) is 0 Å². The first-order valence-corrected chi connectivity index (χ1v) is 4.52. The molecule has 0 aliphatic heterocycles. The number of aromatic nitrogens is 2. The molecule has 0 fully saturated rings. The van der Waals surface area contributed by atoms with Crippen LogP contribution >= 0.6 is 11.8 Å². The number of aliphatic hydroxyl groups is 1. The number of hydrogen-bond donors (Lipinski definition) is 2. The monoisotopic (exact) mass is 186 g/mol. The lowest BCUT2D eigenvalue weighted by Crippen LogP contribution is -2.08. The zero-order chi connectivity index (χ0) is 8.97. The fourth-order valence-electron chi connectivity index (χ4n) is 0.762. The molecule has 0 atom stereocenters. The van der Waals surface area contributed by atoms with E-state index in [1.165, 1.54) is 17.8 Å². The largest absolute Gasteiger partial charge is 0.396 e. The SMILES string of the molecule is Cc1cc(=O)[nH]c(SCCO)n1. The van der Waals surface area contributed by atoms with Crippen LogP contribution in [0.5, 0.6) is 0 Å². The Morgan fingerprint density at radius 2 is 2.50 bits per heavy atom. The maximum Gasteiger partial charge on any atom is 0.251 e. The maximum atomic E-state index is 10.9. The molecule has 1 aromatic heterocycles. The first-order chi connectivity index (χ1) is 5.72. The molecule has 0 aromatic carbocycles. The van der Waals surface area contributed by atoms with Gasteiger partial charge in [-0.05, 0) is 6.92 Å². The van der Waals surface area contributed by atoms with Crippen molar-refractivity contribution in [1.29, 1.82) is 0 Å². The van der Waals surface area contributed by atoms with E-state index in [1.54, 1.807) is 6.92 Å². The van der Waals surface area contributed by atoms with Crippen LogP contribution in [0.2, 0.25) is 0 Å². The van der Waals surface area contributed by atoms with E-state index in [9.17, 15) is 4.79 Å². The lowest BCUT2D eigenvalue weighted by Gasteiger charge is -1.98. The summed E-state index contributed by atoms with van der Waals surface area (Å²) in [6.07, 6.45) is 0. The average molecular weight is 186 g/mol.